The van der Waals surface area contributed by atoms with Crippen LogP contribution in [0.5, 0.6) is 5.75 Å². The van der Waals surface area contributed by atoms with Gasteiger partial charge in [0.15, 0.2) is 0 Å². The van der Waals surface area contributed by atoms with Gasteiger partial charge in [0.1, 0.15) is 11.9 Å². The molecule has 2 heterocycles. The van der Waals surface area contributed by atoms with Crippen molar-refractivity contribution in [1.82, 2.24) is 9.96 Å². The molecule has 0 saturated carbocycles. The van der Waals surface area contributed by atoms with Gasteiger partial charge in [0.25, 0.3) is 0 Å². The van der Waals surface area contributed by atoms with Crippen LogP contribution in [0.3, 0.4) is 0 Å². The first kappa shape index (κ1) is 14.4. The third-order valence-corrected chi connectivity index (χ3v) is 3.99. The van der Waals surface area contributed by atoms with Gasteiger partial charge in [-0.2, -0.15) is 5.06 Å². The molecule has 0 N–H and O–H groups in total. The second-order valence-electron chi connectivity index (χ2n) is 5.67. The third-order valence-electron chi connectivity index (χ3n) is 3.99. The lowest BCUT2D eigenvalue weighted by atomic mass is 10.1. The van der Waals surface area contributed by atoms with E-state index >= 15 is 0 Å². The quantitative estimate of drug-likeness (QED) is 0.826. The first-order valence-electron chi connectivity index (χ1n) is 7.60. The van der Waals surface area contributed by atoms with Crippen LogP contribution in [0.2, 0.25) is 0 Å². The average molecular weight is 290 g/mol. The molecule has 3 rings (SSSR count). The average Bonchev–Trinajstić information content (AvgIpc) is 2.95. The van der Waals surface area contributed by atoms with Crippen molar-refractivity contribution in [2.24, 2.45) is 0 Å². The molecule has 2 fully saturated rings. The highest BCUT2D eigenvalue weighted by atomic mass is 16.7. The molecular formula is C16H22N2O3. The van der Waals surface area contributed by atoms with Crippen LogP contribution in [0.1, 0.15) is 18.4 Å². The molecule has 2 aliphatic heterocycles. The number of rotatable bonds is 5. The zero-order chi connectivity index (χ0) is 14.7. The topological polar surface area (TPSA) is 42.0 Å². The minimum atomic E-state index is 0.123. The molecule has 0 bridgehead atoms. The van der Waals surface area contributed by atoms with Gasteiger partial charge in [-0.05, 0) is 25.0 Å². The molecule has 0 spiro atoms. The summed E-state index contributed by atoms with van der Waals surface area (Å²) in [6.07, 6.45) is 1.71. The first-order chi connectivity index (χ1) is 10.2. The summed E-state index contributed by atoms with van der Waals surface area (Å²) in [6, 6.07) is 7.98. The second-order valence-corrected chi connectivity index (χ2v) is 5.67. The van der Waals surface area contributed by atoms with Crippen LogP contribution in [0.25, 0.3) is 0 Å². The molecule has 114 valence electrons. The lowest BCUT2D eigenvalue weighted by molar-refractivity contribution is -0.146. The van der Waals surface area contributed by atoms with Crippen molar-refractivity contribution < 1.29 is 14.4 Å². The Labute approximate surface area is 125 Å². The van der Waals surface area contributed by atoms with Gasteiger partial charge in [0.05, 0.1) is 19.7 Å². The summed E-state index contributed by atoms with van der Waals surface area (Å²) in [5.41, 5.74) is 1.13. The molecule has 1 aromatic carbocycles. The number of para-hydroxylation sites is 1. The number of carbonyl (C=O) groups is 1. The number of amides is 1. The highest BCUT2D eigenvalue weighted by molar-refractivity contribution is 5.77. The molecule has 0 atom stereocenters. The fourth-order valence-corrected chi connectivity index (χ4v) is 2.64. The number of ether oxygens (including phenoxy) is 1. The van der Waals surface area contributed by atoms with E-state index in [0.29, 0.717) is 26.1 Å². The molecule has 0 radical (unpaired) electrons. The number of hydroxylamine groups is 2. The number of carbonyl (C=O) groups excluding carboxylic acids is 1. The maximum absolute atomic E-state index is 12.0. The summed E-state index contributed by atoms with van der Waals surface area (Å²) in [5, 5.41) is 1.89. The van der Waals surface area contributed by atoms with Gasteiger partial charge in [-0.15, -0.1) is 0 Å². The normalized spacial score (nSPS) is 19.6. The highest BCUT2D eigenvalue weighted by Gasteiger charge is 2.32. The number of hydrogen-bond donors (Lipinski definition) is 0. The van der Waals surface area contributed by atoms with Crippen molar-refractivity contribution in [3.8, 4) is 5.75 Å². The van der Waals surface area contributed by atoms with Crippen LogP contribution >= 0.6 is 0 Å². The molecular weight excluding hydrogens is 268 g/mol. The molecule has 1 aromatic rings. The van der Waals surface area contributed by atoms with Crippen molar-refractivity contribution in [2.45, 2.75) is 25.9 Å². The van der Waals surface area contributed by atoms with Crippen molar-refractivity contribution in [1.29, 1.82) is 0 Å². The van der Waals surface area contributed by atoms with Crippen molar-refractivity contribution in [3.63, 3.8) is 0 Å². The highest BCUT2D eigenvalue weighted by Crippen LogP contribution is 2.22. The fraction of sp³-hybridized carbons (Fsp3) is 0.562. The van der Waals surface area contributed by atoms with E-state index in [1.807, 2.05) is 41.2 Å². The largest absolute Gasteiger partial charge is 0.486 e. The number of nitrogens with zero attached hydrogens (tertiary/aromatic N) is 2. The van der Waals surface area contributed by atoms with Crippen LogP contribution in [-0.2, 0) is 9.63 Å². The Hall–Kier alpha value is -1.59. The fourth-order valence-electron chi connectivity index (χ4n) is 2.64. The van der Waals surface area contributed by atoms with E-state index in [-0.39, 0.29) is 12.0 Å². The summed E-state index contributed by atoms with van der Waals surface area (Å²) in [5.74, 6) is 1.11. The SMILES string of the molecule is Cc1ccccc1OC1CN(C(=O)CCN2CCCO2)C1. The van der Waals surface area contributed by atoms with Gasteiger partial charge in [-0.3, -0.25) is 9.63 Å². The van der Waals surface area contributed by atoms with Crippen molar-refractivity contribution in [2.75, 3.05) is 32.8 Å². The number of hydrogen-bond acceptors (Lipinski definition) is 4. The molecule has 0 aromatic heterocycles. The lowest BCUT2D eigenvalue weighted by Crippen LogP contribution is -2.56. The summed E-state index contributed by atoms with van der Waals surface area (Å²) in [7, 11) is 0. The Bertz CT molecular complexity index is 494. The van der Waals surface area contributed by atoms with Crippen molar-refractivity contribution >= 4 is 5.91 Å². The Morgan fingerprint density at radius 1 is 1.38 bits per heavy atom. The third kappa shape index (κ3) is 3.54. The lowest BCUT2D eigenvalue weighted by Gasteiger charge is -2.39. The minimum Gasteiger partial charge on any atom is -0.486 e. The van der Waals surface area contributed by atoms with Gasteiger partial charge < -0.3 is 9.64 Å². The number of likely N-dealkylation sites (tertiary alicyclic amines) is 1. The zero-order valence-corrected chi connectivity index (χ0v) is 12.5. The van der Waals surface area contributed by atoms with E-state index in [1.165, 1.54) is 0 Å². The smallest absolute Gasteiger partial charge is 0.224 e. The van der Waals surface area contributed by atoms with Gasteiger partial charge in [-0.25, -0.2) is 0 Å². The van der Waals surface area contributed by atoms with Crippen molar-refractivity contribution in [3.05, 3.63) is 29.8 Å². The molecule has 2 saturated heterocycles. The van der Waals surface area contributed by atoms with Crippen LogP contribution in [0.15, 0.2) is 24.3 Å². The van der Waals surface area contributed by atoms with Gasteiger partial charge in [0.2, 0.25) is 5.91 Å². The molecule has 0 unspecified atom stereocenters. The van der Waals surface area contributed by atoms with E-state index in [4.69, 9.17) is 9.57 Å². The van der Waals surface area contributed by atoms with Crippen LogP contribution in [-0.4, -0.2) is 54.8 Å². The summed E-state index contributed by atoms with van der Waals surface area (Å²) >= 11 is 0. The van der Waals surface area contributed by atoms with Gasteiger partial charge >= 0.3 is 0 Å². The Morgan fingerprint density at radius 2 is 2.19 bits per heavy atom. The van der Waals surface area contributed by atoms with Crippen LogP contribution in [0.4, 0.5) is 0 Å². The Balaban J connectivity index is 1.39. The number of aryl methyl sites for hydroxylation is 1. The van der Waals surface area contributed by atoms with E-state index in [2.05, 4.69) is 0 Å². The Kier molecular flexibility index (Phi) is 4.41. The Morgan fingerprint density at radius 3 is 2.90 bits per heavy atom. The van der Waals surface area contributed by atoms with E-state index in [0.717, 1.165) is 30.9 Å². The molecule has 0 aliphatic carbocycles. The monoisotopic (exact) mass is 290 g/mol. The summed E-state index contributed by atoms with van der Waals surface area (Å²) < 4.78 is 5.91. The van der Waals surface area contributed by atoms with Crippen LogP contribution < -0.4 is 4.74 Å². The molecule has 5 heteroatoms. The van der Waals surface area contributed by atoms with E-state index < -0.39 is 0 Å². The number of benzene rings is 1. The van der Waals surface area contributed by atoms with E-state index in [9.17, 15) is 4.79 Å². The van der Waals surface area contributed by atoms with Gasteiger partial charge in [-0.1, -0.05) is 18.2 Å². The first-order valence-corrected chi connectivity index (χ1v) is 7.60. The molecule has 5 nitrogen and oxygen atoms in total. The maximum atomic E-state index is 12.0. The standard InChI is InChI=1S/C16H22N2O3/c1-13-5-2-3-6-15(13)21-14-11-17(12-14)16(19)7-9-18-8-4-10-20-18/h2-3,5-6,14H,4,7-12H2,1H3. The molecule has 2 aliphatic rings. The second kappa shape index (κ2) is 6.45. The zero-order valence-electron chi connectivity index (χ0n) is 12.5. The summed E-state index contributed by atoms with van der Waals surface area (Å²) in [4.78, 5) is 19.3. The molecule has 21 heavy (non-hydrogen) atoms. The van der Waals surface area contributed by atoms with Gasteiger partial charge in [0, 0.05) is 19.5 Å². The van der Waals surface area contributed by atoms with Crippen LogP contribution in [0, 0.1) is 6.92 Å². The predicted molar refractivity (Wildman–Crippen MR) is 78.9 cm³/mol. The predicted octanol–water partition coefficient (Wildman–Crippen LogP) is 1.61. The maximum Gasteiger partial charge on any atom is 0.224 e. The minimum absolute atomic E-state index is 0.123. The van der Waals surface area contributed by atoms with E-state index in [1.54, 1.807) is 0 Å². The summed E-state index contributed by atoms with van der Waals surface area (Å²) in [6.45, 7) is 5.82. The molecule has 1 amide bonds.